The summed E-state index contributed by atoms with van der Waals surface area (Å²) in [6, 6.07) is -1.51. The largest absolute Gasteiger partial charge is 0.480 e. The van der Waals surface area contributed by atoms with Crippen LogP contribution in [-0.4, -0.2) is 73.5 Å². The van der Waals surface area contributed by atoms with Crippen molar-refractivity contribution >= 4 is 25.7 Å². The van der Waals surface area contributed by atoms with Gasteiger partial charge in [-0.1, -0.05) is 26.2 Å². The van der Waals surface area contributed by atoms with E-state index in [1.807, 2.05) is 14.0 Å². The molecule has 0 aliphatic rings. The number of carbonyl (C=O) groups excluding carboxylic acids is 2. The van der Waals surface area contributed by atoms with Crippen LogP contribution < -0.4 is 11.1 Å². The maximum absolute atomic E-state index is 12.0. The Hall–Kier alpha value is -1.56. The Morgan fingerprint density at radius 2 is 1.59 bits per heavy atom. The summed E-state index contributed by atoms with van der Waals surface area (Å²) < 4.78 is 31.5. The minimum Gasteiger partial charge on any atom is -0.480 e. The normalized spacial score (nSPS) is 14.9. The summed E-state index contributed by atoms with van der Waals surface area (Å²) in [5.74, 6) is -2.46. The van der Waals surface area contributed by atoms with Gasteiger partial charge in [0.2, 0.25) is 0 Å². The molecule has 0 aliphatic carbocycles. The fourth-order valence-electron chi connectivity index (χ4n) is 2.35. The van der Waals surface area contributed by atoms with Crippen molar-refractivity contribution in [2.24, 2.45) is 5.73 Å². The minimum absolute atomic E-state index is 0.143. The number of esters is 2. The second-order valence-corrected chi connectivity index (χ2v) is 8.62. The Labute approximate surface area is 188 Å². The third-order valence-electron chi connectivity index (χ3n) is 4.18. The molecule has 0 fully saturated rings. The van der Waals surface area contributed by atoms with Crippen molar-refractivity contribution in [2.45, 2.75) is 70.4 Å². The van der Waals surface area contributed by atoms with E-state index in [2.05, 4.69) is 9.84 Å². The molecule has 0 saturated heterocycles. The lowest BCUT2D eigenvalue weighted by Gasteiger charge is -2.20. The van der Waals surface area contributed by atoms with Gasteiger partial charge in [0.1, 0.15) is 12.6 Å². The summed E-state index contributed by atoms with van der Waals surface area (Å²) in [4.78, 5) is 44.2. The van der Waals surface area contributed by atoms with E-state index in [0.29, 0.717) is 12.8 Å². The van der Waals surface area contributed by atoms with Crippen LogP contribution >= 0.6 is 7.82 Å². The Morgan fingerprint density at radius 3 is 2.22 bits per heavy atom. The molecule has 0 heterocycles. The number of carboxylic acids is 1. The lowest BCUT2D eigenvalue weighted by molar-refractivity contribution is -0.161. The quantitative estimate of drug-likeness (QED) is 0.111. The number of nitrogens with one attached hydrogen (secondary N) is 1. The molecule has 32 heavy (non-hydrogen) atoms. The summed E-state index contributed by atoms with van der Waals surface area (Å²) >= 11 is 0. The molecule has 0 saturated carbocycles. The number of rotatable bonds is 20. The Kier molecular flexibility index (Phi) is 17.1. The van der Waals surface area contributed by atoms with Gasteiger partial charge < -0.3 is 30.5 Å². The number of carbonyl (C=O) groups is 3. The molecule has 0 spiro atoms. The van der Waals surface area contributed by atoms with Crippen molar-refractivity contribution in [3.8, 4) is 0 Å². The number of ether oxygens (including phenoxy) is 2. The zero-order valence-electron chi connectivity index (χ0n) is 18.8. The van der Waals surface area contributed by atoms with E-state index in [0.717, 1.165) is 32.2 Å². The zero-order chi connectivity index (χ0) is 24.4. The first kappa shape index (κ1) is 30.4. The van der Waals surface area contributed by atoms with Crippen LogP contribution in [0.4, 0.5) is 0 Å². The van der Waals surface area contributed by atoms with Crippen LogP contribution in [0.15, 0.2) is 0 Å². The smallest absolute Gasteiger partial charge is 0.472 e. The molecule has 3 atom stereocenters. The van der Waals surface area contributed by atoms with Gasteiger partial charge >= 0.3 is 25.7 Å². The molecular formula is C19H37N2O10P. The fourth-order valence-corrected chi connectivity index (χ4v) is 3.12. The molecule has 188 valence electrons. The summed E-state index contributed by atoms with van der Waals surface area (Å²) in [6.07, 6.45) is 3.98. The number of unbranched alkanes of at least 4 members (excludes halogenated alkanes) is 4. The predicted molar refractivity (Wildman–Crippen MR) is 115 cm³/mol. The Balaban J connectivity index is 4.64. The average Bonchev–Trinajstić information content (AvgIpc) is 2.74. The van der Waals surface area contributed by atoms with Gasteiger partial charge in [-0.3, -0.25) is 23.4 Å². The molecule has 0 radical (unpaired) electrons. The Bertz CT molecular complexity index is 605. The van der Waals surface area contributed by atoms with Gasteiger partial charge in [0.25, 0.3) is 0 Å². The summed E-state index contributed by atoms with van der Waals surface area (Å²) in [5.41, 5.74) is 5.21. The van der Waals surface area contributed by atoms with Crippen molar-refractivity contribution in [1.82, 2.24) is 5.32 Å². The minimum atomic E-state index is -4.67. The number of carboxylic acid groups (broad SMARTS) is 1. The van der Waals surface area contributed by atoms with E-state index in [-0.39, 0.29) is 19.4 Å². The van der Waals surface area contributed by atoms with Gasteiger partial charge in [-0.25, -0.2) is 4.57 Å². The number of phosphoric ester groups is 1. The van der Waals surface area contributed by atoms with Crippen LogP contribution in [0.3, 0.4) is 0 Å². The molecule has 0 aliphatic heterocycles. The highest BCUT2D eigenvalue weighted by atomic mass is 31.2. The lowest BCUT2D eigenvalue weighted by Crippen LogP contribution is -2.34. The van der Waals surface area contributed by atoms with E-state index in [1.54, 1.807) is 0 Å². The summed E-state index contributed by atoms with van der Waals surface area (Å²) in [6.45, 7) is 1.13. The molecule has 5 N–H and O–H groups in total. The molecular weight excluding hydrogens is 447 g/mol. The molecule has 0 bridgehead atoms. The van der Waals surface area contributed by atoms with Gasteiger partial charge in [0, 0.05) is 12.8 Å². The topological polar surface area (TPSA) is 184 Å². The van der Waals surface area contributed by atoms with Crippen molar-refractivity contribution in [3.05, 3.63) is 0 Å². The zero-order valence-corrected chi connectivity index (χ0v) is 19.7. The van der Waals surface area contributed by atoms with Gasteiger partial charge in [0.05, 0.1) is 13.2 Å². The molecule has 0 aromatic heterocycles. The van der Waals surface area contributed by atoms with Crippen LogP contribution in [0.5, 0.6) is 0 Å². The van der Waals surface area contributed by atoms with Gasteiger partial charge in [0.15, 0.2) is 6.10 Å². The third kappa shape index (κ3) is 17.0. The van der Waals surface area contributed by atoms with E-state index in [9.17, 15) is 23.8 Å². The Morgan fingerprint density at radius 1 is 0.969 bits per heavy atom. The summed E-state index contributed by atoms with van der Waals surface area (Å²) in [5, 5.41) is 11.7. The van der Waals surface area contributed by atoms with Crippen molar-refractivity contribution in [3.63, 3.8) is 0 Å². The first-order valence-electron chi connectivity index (χ1n) is 10.7. The van der Waals surface area contributed by atoms with Crippen LogP contribution in [0.1, 0.15) is 58.3 Å². The standard InChI is InChI=1S/C19H37N2O10P/c1-3-4-6-10-18(23)31-15(12-28-17(22)9-7-5-8-11-21-2)13-29-32(26,27)30-14-16(20)19(24)25/h15-16,21H,3-14,20H2,1-2H3,(H,24,25)(H,26,27)/t15-,16?/m1/s1. The molecule has 0 rings (SSSR count). The van der Waals surface area contributed by atoms with E-state index >= 15 is 0 Å². The SMILES string of the molecule is CCCCCC(=O)O[C@H](COC(=O)CCCCCNC)COP(=O)(O)OCC(N)C(=O)O. The number of hydrogen-bond acceptors (Lipinski definition) is 10. The average molecular weight is 484 g/mol. The molecule has 12 nitrogen and oxygen atoms in total. The second kappa shape index (κ2) is 17.9. The van der Waals surface area contributed by atoms with Crippen molar-refractivity contribution < 1.29 is 47.5 Å². The summed E-state index contributed by atoms with van der Waals surface area (Å²) in [7, 11) is -2.82. The molecule has 0 aromatic rings. The van der Waals surface area contributed by atoms with Crippen LogP contribution in [-0.2, 0) is 37.5 Å². The molecule has 13 heteroatoms. The first-order chi connectivity index (χ1) is 15.1. The van der Waals surface area contributed by atoms with Gasteiger partial charge in [-0.2, -0.15) is 0 Å². The monoisotopic (exact) mass is 484 g/mol. The van der Waals surface area contributed by atoms with Crippen LogP contribution in [0, 0.1) is 0 Å². The highest BCUT2D eigenvalue weighted by Crippen LogP contribution is 2.43. The first-order valence-corrected chi connectivity index (χ1v) is 12.2. The predicted octanol–water partition coefficient (Wildman–Crippen LogP) is 1.35. The number of aliphatic carboxylic acids is 1. The van der Waals surface area contributed by atoms with Crippen LogP contribution in [0.25, 0.3) is 0 Å². The fraction of sp³-hybridized carbons (Fsp3) is 0.842. The number of phosphoric acid groups is 1. The van der Waals surface area contributed by atoms with Crippen LogP contribution in [0.2, 0.25) is 0 Å². The highest BCUT2D eigenvalue weighted by Gasteiger charge is 2.28. The van der Waals surface area contributed by atoms with E-state index < -0.39 is 51.1 Å². The highest BCUT2D eigenvalue weighted by molar-refractivity contribution is 7.47. The lowest BCUT2D eigenvalue weighted by atomic mass is 10.2. The maximum Gasteiger partial charge on any atom is 0.472 e. The van der Waals surface area contributed by atoms with E-state index in [4.69, 9.17) is 24.8 Å². The van der Waals surface area contributed by atoms with Gasteiger partial charge in [-0.05, 0) is 32.9 Å². The third-order valence-corrected chi connectivity index (χ3v) is 5.13. The number of hydrogen-bond donors (Lipinski definition) is 4. The van der Waals surface area contributed by atoms with E-state index in [1.165, 1.54) is 0 Å². The maximum atomic E-state index is 12.0. The van der Waals surface area contributed by atoms with Crippen molar-refractivity contribution in [1.29, 1.82) is 0 Å². The second-order valence-electron chi connectivity index (χ2n) is 7.17. The molecule has 0 amide bonds. The molecule has 0 aromatic carbocycles. The number of nitrogens with two attached hydrogens (primary N) is 1. The van der Waals surface area contributed by atoms with Crippen molar-refractivity contribution in [2.75, 3.05) is 33.4 Å². The molecule has 2 unspecified atom stereocenters. The van der Waals surface area contributed by atoms with Gasteiger partial charge in [-0.15, -0.1) is 0 Å².